The SMILES string of the molecule is C#CC[C@@](N)(CC)C(=O)O. The third-order valence-electron chi connectivity index (χ3n) is 1.47. The molecule has 3 nitrogen and oxygen atoms in total. The van der Waals surface area contributed by atoms with Crippen molar-refractivity contribution in [2.45, 2.75) is 25.3 Å². The van der Waals surface area contributed by atoms with Gasteiger partial charge in [-0.25, -0.2) is 0 Å². The van der Waals surface area contributed by atoms with Crippen LogP contribution >= 0.6 is 0 Å². The van der Waals surface area contributed by atoms with Gasteiger partial charge >= 0.3 is 5.97 Å². The van der Waals surface area contributed by atoms with Gasteiger partial charge < -0.3 is 10.8 Å². The van der Waals surface area contributed by atoms with Crippen LogP contribution in [0.5, 0.6) is 0 Å². The maximum absolute atomic E-state index is 10.4. The van der Waals surface area contributed by atoms with Crippen LogP contribution in [0.2, 0.25) is 0 Å². The van der Waals surface area contributed by atoms with Gasteiger partial charge in [0.2, 0.25) is 0 Å². The van der Waals surface area contributed by atoms with E-state index in [1.54, 1.807) is 6.92 Å². The number of nitrogens with two attached hydrogens (primary N) is 1. The Labute approximate surface area is 60.2 Å². The fourth-order valence-electron chi connectivity index (χ4n) is 0.534. The summed E-state index contributed by atoms with van der Waals surface area (Å²) in [6.07, 6.45) is 5.37. The number of terminal acetylenes is 1. The summed E-state index contributed by atoms with van der Waals surface area (Å²) in [4.78, 5) is 10.4. The molecule has 0 aliphatic heterocycles. The molecule has 0 amide bonds. The van der Waals surface area contributed by atoms with Crippen molar-refractivity contribution in [3.05, 3.63) is 0 Å². The minimum Gasteiger partial charge on any atom is -0.480 e. The molecule has 0 rings (SSSR count). The van der Waals surface area contributed by atoms with Gasteiger partial charge in [-0.1, -0.05) is 6.92 Å². The molecule has 56 valence electrons. The molecule has 3 heteroatoms. The summed E-state index contributed by atoms with van der Waals surface area (Å²) in [5, 5.41) is 8.54. The van der Waals surface area contributed by atoms with E-state index in [4.69, 9.17) is 17.3 Å². The second kappa shape index (κ2) is 3.23. The van der Waals surface area contributed by atoms with E-state index in [1.807, 2.05) is 0 Å². The van der Waals surface area contributed by atoms with Crippen LogP contribution in [0.25, 0.3) is 0 Å². The first kappa shape index (κ1) is 8.99. The number of hydrogen-bond donors (Lipinski definition) is 2. The topological polar surface area (TPSA) is 63.3 Å². The molecule has 3 N–H and O–H groups in total. The van der Waals surface area contributed by atoms with Gasteiger partial charge in [0.25, 0.3) is 0 Å². The average molecular weight is 141 g/mol. The van der Waals surface area contributed by atoms with Gasteiger partial charge in [-0.3, -0.25) is 4.79 Å². The second-order valence-corrected chi connectivity index (χ2v) is 2.20. The van der Waals surface area contributed by atoms with Crippen LogP contribution in [0, 0.1) is 12.3 Å². The third-order valence-corrected chi connectivity index (χ3v) is 1.47. The van der Waals surface area contributed by atoms with Crippen LogP contribution in [0.4, 0.5) is 0 Å². The Morgan fingerprint density at radius 3 is 2.50 bits per heavy atom. The zero-order valence-electron chi connectivity index (χ0n) is 5.92. The Hall–Kier alpha value is -1.01. The summed E-state index contributed by atoms with van der Waals surface area (Å²) in [5.74, 6) is 1.20. The molecular formula is C7H11NO2. The summed E-state index contributed by atoms with van der Waals surface area (Å²) in [7, 11) is 0. The lowest BCUT2D eigenvalue weighted by Crippen LogP contribution is -2.46. The first-order valence-electron chi connectivity index (χ1n) is 3.02. The molecule has 1 atom stereocenters. The fourth-order valence-corrected chi connectivity index (χ4v) is 0.534. The van der Waals surface area contributed by atoms with Crippen molar-refractivity contribution in [2.75, 3.05) is 0 Å². The Balaban J connectivity index is 4.26. The molecule has 0 aromatic carbocycles. The predicted molar refractivity (Wildman–Crippen MR) is 38.3 cm³/mol. The maximum atomic E-state index is 10.4. The normalized spacial score (nSPS) is 15.3. The molecule has 0 aliphatic rings. The molecule has 0 saturated heterocycles. The van der Waals surface area contributed by atoms with Gasteiger partial charge in [0.1, 0.15) is 5.54 Å². The third kappa shape index (κ3) is 1.74. The summed E-state index contributed by atoms with van der Waals surface area (Å²) < 4.78 is 0. The molecule has 0 saturated carbocycles. The standard InChI is InChI=1S/C7H11NO2/c1-3-5-7(8,4-2)6(9)10/h1H,4-5,8H2,2H3,(H,9,10)/t7-/m0/s1. The Kier molecular flexibility index (Phi) is 2.91. The van der Waals surface area contributed by atoms with Crippen LogP contribution in [0.1, 0.15) is 19.8 Å². The summed E-state index contributed by atoms with van der Waals surface area (Å²) in [5.41, 5.74) is 4.18. The van der Waals surface area contributed by atoms with Crippen LogP contribution < -0.4 is 5.73 Å². The highest BCUT2D eigenvalue weighted by Gasteiger charge is 2.30. The van der Waals surface area contributed by atoms with Crippen LogP contribution in [0.3, 0.4) is 0 Å². The Bertz CT molecular complexity index is 171. The first-order chi connectivity index (χ1) is 4.56. The highest BCUT2D eigenvalue weighted by atomic mass is 16.4. The smallest absolute Gasteiger partial charge is 0.324 e. The lowest BCUT2D eigenvalue weighted by atomic mass is 9.94. The lowest BCUT2D eigenvalue weighted by molar-refractivity contribution is -0.143. The molecule has 0 spiro atoms. The maximum Gasteiger partial charge on any atom is 0.324 e. The molecule has 0 bridgehead atoms. The van der Waals surface area contributed by atoms with E-state index in [-0.39, 0.29) is 6.42 Å². The van der Waals surface area contributed by atoms with Gasteiger partial charge in [-0.05, 0) is 6.42 Å². The van der Waals surface area contributed by atoms with E-state index in [0.29, 0.717) is 6.42 Å². The highest BCUT2D eigenvalue weighted by Crippen LogP contribution is 2.10. The average Bonchev–Trinajstić information content (AvgIpc) is 1.88. The molecule has 0 aliphatic carbocycles. The highest BCUT2D eigenvalue weighted by molar-refractivity contribution is 5.78. The van der Waals surface area contributed by atoms with Crippen molar-refractivity contribution in [1.82, 2.24) is 0 Å². The molecule has 10 heavy (non-hydrogen) atoms. The fraction of sp³-hybridized carbons (Fsp3) is 0.571. The molecule has 0 fully saturated rings. The van der Waals surface area contributed by atoms with Crippen molar-refractivity contribution in [3.8, 4) is 12.3 Å². The number of hydrogen-bond acceptors (Lipinski definition) is 2. The number of carboxylic acids is 1. The number of carboxylic acid groups (broad SMARTS) is 1. The minimum atomic E-state index is -1.23. The van der Waals surface area contributed by atoms with E-state index in [9.17, 15) is 4.79 Å². The summed E-state index contributed by atoms with van der Waals surface area (Å²) in [6, 6.07) is 0. The minimum absolute atomic E-state index is 0.0822. The number of rotatable bonds is 3. The van der Waals surface area contributed by atoms with E-state index in [0.717, 1.165) is 0 Å². The van der Waals surface area contributed by atoms with E-state index in [1.165, 1.54) is 0 Å². The van der Waals surface area contributed by atoms with Crippen molar-refractivity contribution < 1.29 is 9.90 Å². The molecule has 0 unspecified atom stereocenters. The predicted octanol–water partition coefficient (Wildman–Crippen LogP) is 0.202. The Morgan fingerprint density at radius 2 is 2.40 bits per heavy atom. The quantitative estimate of drug-likeness (QED) is 0.552. The first-order valence-corrected chi connectivity index (χ1v) is 3.02. The van der Waals surface area contributed by atoms with Crippen molar-refractivity contribution in [1.29, 1.82) is 0 Å². The van der Waals surface area contributed by atoms with Crippen molar-refractivity contribution in [3.63, 3.8) is 0 Å². The van der Waals surface area contributed by atoms with Gasteiger partial charge in [-0.15, -0.1) is 12.3 Å². The molecule has 0 aromatic rings. The van der Waals surface area contributed by atoms with Crippen LogP contribution in [0.15, 0.2) is 0 Å². The largest absolute Gasteiger partial charge is 0.480 e. The zero-order valence-corrected chi connectivity index (χ0v) is 5.92. The van der Waals surface area contributed by atoms with Gasteiger partial charge in [-0.2, -0.15) is 0 Å². The second-order valence-electron chi connectivity index (χ2n) is 2.20. The molecular weight excluding hydrogens is 130 g/mol. The summed E-state index contributed by atoms with van der Waals surface area (Å²) >= 11 is 0. The zero-order chi connectivity index (χ0) is 8.20. The van der Waals surface area contributed by atoms with Gasteiger partial charge in [0.05, 0.1) is 0 Å². The molecule has 0 heterocycles. The molecule has 0 aromatic heterocycles. The number of aliphatic carboxylic acids is 1. The Morgan fingerprint density at radius 1 is 1.90 bits per heavy atom. The van der Waals surface area contributed by atoms with Gasteiger partial charge in [0.15, 0.2) is 0 Å². The van der Waals surface area contributed by atoms with Crippen molar-refractivity contribution >= 4 is 5.97 Å². The van der Waals surface area contributed by atoms with E-state index < -0.39 is 11.5 Å². The van der Waals surface area contributed by atoms with Crippen molar-refractivity contribution in [2.24, 2.45) is 5.73 Å². The van der Waals surface area contributed by atoms with Gasteiger partial charge in [0, 0.05) is 6.42 Å². The lowest BCUT2D eigenvalue weighted by Gasteiger charge is -2.19. The van der Waals surface area contributed by atoms with Crippen LogP contribution in [-0.4, -0.2) is 16.6 Å². The summed E-state index contributed by atoms with van der Waals surface area (Å²) in [6.45, 7) is 1.70. The number of carbonyl (C=O) groups is 1. The van der Waals surface area contributed by atoms with Crippen LogP contribution in [-0.2, 0) is 4.79 Å². The van der Waals surface area contributed by atoms with E-state index >= 15 is 0 Å². The molecule has 0 radical (unpaired) electrons. The monoisotopic (exact) mass is 141 g/mol. The van der Waals surface area contributed by atoms with E-state index in [2.05, 4.69) is 5.92 Å².